The molecule has 1 aromatic heterocycles. The maximum absolute atomic E-state index is 12.5. The molecule has 0 bridgehead atoms. The topological polar surface area (TPSA) is 119 Å². The number of nitrogens with zero attached hydrogens (tertiary/aromatic N) is 2. The van der Waals surface area contributed by atoms with Gasteiger partial charge in [0.1, 0.15) is 10.8 Å². The van der Waals surface area contributed by atoms with Gasteiger partial charge in [0.15, 0.2) is 6.61 Å². The molecule has 0 fully saturated rings. The first kappa shape index (κ1) is 15.2. The minimum atomic E-state index is -0.711. The average molecular weight is 333 g/mol. The predicted molar refractivity (Wildman–Crippen MR) is 85.4 cm³/mol. The maximum Gasteiger partial charge on any atom is 0.262 e. The maximum atomic E-state index is 12.5. The van der Waals surface area contributed by atoms with Crippen LogP contribution in [0.15, 0.2) is 18.2 Å². The van der Waals surface area contributed by atoms with Crippen molar-refractivity contribution < 1.29 is 14.3 Å². The van der Waals surface area contributed by atoms with Crippen LogP contribution in [0.5, 0.6) is 5.75 Å². The fourth-order valence-electron chi connectivity index (χ4n) is 2.11. The lowest BCUT2D eigenvalue weighted by Crippen LogP contribution is -2.41. The van der Waals surface area contributed by atoms with Crippen molar-refractivity contribution in [1.82, 2.24) is 15.5 Å². The van der Waals surface area contributed by atoms with Crippen molar-refractivity contribution >= 4 is 34.0 Å². The van der Waals surface area contributed by atoms with Gasteiger partial charge in [0.25, 0.3) is 11.8 Å². The first-order chi connectivity index (χ1) is 10.8. The van der Waals surface area contributed by atoms with Gasteiger partial charge >= 0.3 is 0 Å². The SMILES string of the molecule is CC(C)(NC(=O)c1ccc2c(c1)OCC(=O)N2)c1nnc(N)s1. The predicted octanol–water partition coefficient (Wildman–Crippen LogP) is 1.12. The summed E-state index contributed by atoms with van der Waals surface area (Å²) in [6.45, 7) is 3.58. The number of nitrogens with two attached hydrogens (primary N) is 1. The van der Waals surface area contributed by atoms with Gasteiger partial charge in [-0.1, -0.05) is 11.3 Å². The highest BCUT2D eigenvalue weighted by atomic mass is 32.1. The van der Waals surface area contributed by atoms with Crippen LogP contribution in [-0.4, -0.2) is 28.6 Å². The van der Waals surface area contributed by atoms with Gasteiger partial charge in [-0.2, -0.15) is 0 Å². The van der Waals surface area contributed by atoms with Gasteiger partial charge in [-0.25, -0.2) is 0 Å². The van der Waals surface area contributed by atoms with E-state index in [2.05, 4.69) is 20.8 Å². The van der Waals surface area contributed by atoms with Crippen LogP contribution in [0.2, 0.25) is 0 Å². The standard InChI is InChI=1S/C14H15N5O3S/c1-14(2,12-18-19-13(15)23-12)17-11(21)7-3-4-8-9(5-7)22-6-10(20)16-8/h3-5H,6H2,1-2H3,(H2,15,19)(H,16,20)(H,17,21). The molecule has 0 aliphatic carbocycles. The van der Waals surface area contributed by atoms with E-state index in [1.165, 1.54) is 11.3 Å². The van der Waals surface area contributed by atoms with Crippen LogP contribution in [0.1, 0.15) is 29.2 Å². The van der Waals surface area contributed by atoms with E-state index in [9.17, 15) is 9.59 Å². The van der Waals surface area contributed by atoms with E-state index in [4.69, 9.17) is 10.5 Å². The molecule has 0 spiro atoms. The molecule has 2 heterocycles. The second-order valence-electron chi connectivity index (χ2n) is 5.57. The molecule has 2 aromatic rings. The zero-order chi connectivity index (χ0) is 16.6. The molecule has 0 unspecified atom stereocenters. The van der Waals surface area contributed by atoms with Crippen LogP contribution in [0.25, 0.3) is 0 Å². The number of benzene rings is 1. The molecule has 4 N–H and O–H groups in total. The summed E-state index contributed by atoms with van der Waals surface area (Å²) in [5, 5.41) is 14.3. The van der Waals surface area contributed by atoms with Crippen molar-refractivity contribution in [2.24, 2.45) is 0 Å². The van der Waals surface area contributed by atoms with E-state index in [-0.39, 0.29) is 18.4 Å². The smallest absolute Gasteiger partial charge is 0.262 e. The van der Waals surface area contributed by atoms with Crippen LogP contribution < -0.4 is 21.1 Å². The fourth-order valence-corrected chi connectivity index (χ4v) is 2.78. The normalized spacial score (nSPS) is 13.7. The number of nitrogens with one attached hydrogen (secondary N) is 2. The number of anilines is 2. The highest BCUT2D eigenvalue weighted by Crippen LogP contribution is 2.29. The zero-order valence-corrected chi connectivity index (χ0v) is 13.4. The fraction of sp³-hybridized carbons (Fsp3) is 0.286. The van der Waals surface area contributed by atoms with Gasteiger partial charge in [0.2, 0.25) is 5.13 Å². The lowest BCUT2D eigenvalue weighted by Gasteiger charge is -2.24. The summed E-state index contributed by atoms with van der Waals surface area (Å²) in [6, 6.07) is 4.85. The minimum absolute atomic E-state index is 0.0619. The number of fused-ring (bicyclic) bond motifs is 1. The Morgan fingerprint density at radius 1 is 1.43 bits per heavy atom. The molecule has 1 aromatic carbocycles. The highest BCUT2D eigenvalue weighted by molar-refractivity contribution is 7.15. The first-order valence-corrected chi connectivity index (χ1v) is 7.65. The van der Waals surface area contributed by atoms with Crippen molar-refractivity contribution in [2.75, 3.05) is 17.7 Å². The van der Waals surface area contributed by atoms with Gasteiger partial charge in [-0.3, -0.25) is 9.59 Å². The molecule has 0 atom stereocenters. The summed E-state index contributed by atoms with van der Waals surface area (Å²) in [5.41, 5.74) is 5.85. The third-order valence-electron chi connectivity index (χ3n) is 3.28. The van der Waals surface area contributed by atoms with E-state index < -0.39 is 5.54 Å². The number of hydrogen-bond donors (Lipinski definition) is 3. The number of rotatable bonds is 3. The molecule has 1 aliphatic rings. The Labute approximate surface area is 136 Å². The molecule has 3 rings (SSSR count). The summed E-state index contributed by atoms with van der Waals surface area (Å²) >= 11 is 1.22. The lowest BCUT2D eigenvalue weighted by molar-refractivity contribution is -0.118. The van der Waals surface area contributed by atoms with Crippen LogP contribution in [0.4, 0.5) is 10.8 Å². The quantitative estimate of drug-likeness (QED) is 0.774. The molecule has 0 radical (unpaired) electrons. The Morgan fingerprint density at radius 3 is 2.91 bits per heavy atom. The number of ether oxygens (including phenoxy) is 1. The summed E-state index contributed by atoms with van der Waals surface area (Å²) < 4.78 is 5.32. The van der Waals surface area contributed by atoms with E-state index in [1.54, 1.807) is 18.2 Å². The van der Waals surface area contributed by atoms with Crippen molar-refractivity contribution in [3.63, 3.8) is 0 Å². The summed E-state index contributed by atoms with van der Waals surface area (Å²) in [6.07, 6.45) is 0. The molecule has 120 valence electrons. The molecule has 1 aliphatic heterocycles. The molecule has 0 saturated carbocycles. The number of nitrogen functional groups attached to an aromatic ring is 1. The summed E-state index contributed by atoms with van der Waals surface area (Å²) in [4.78, 5) is 23.7. The molecule has 0 saturated heterocycles. The molecule has 8 nitrogen and oxygen atoms in total. The first-order valence-electron chi connectivity index (χ1n) is 6.84. The Hall–Kier alpha value is -2.68. The largest absolute Gasteiger partial charge is 0.482 e. The van der Waals surface area contributed by atoms with Gasteiger partial charge in [-0.15, -0.1) is 10.2 Å². The Kier molecular flexibility index (Phi) is 3.64. The van der Waals surface area contributed by atoms with E-state index in [0.717, 1.165) is 0 Å². The van der Waals surface area contributed by atoms with Crippen molar-refractivity contribution in [1.29, 1.82) is 0 Å². The van der Waals surface area contributed by atoms with E-state index in [0.29, 0.717) is 27.1 Å². The van der Waals surface area contributed by atoms with Crippen LogP contribution >= 0.6 is 11.3 Å². The molecular formula is C14H15N5O3S. The van der Waals surface area contributed by atoms with E-state index in [1.807, 2.05) is 13.8 Å². The number of amides is 2. The molecule has 2 amide bonds. The molecule has 9 heteroatoms. The lowest BCUT2D eigenvalue weighted by atomic mass is 10.1. The number of hydrogen-bond acceptors (Lipinski definition) is 7. The van der Waals surface area contributed by atoms with Crippen LogP contribution in [0, 0.1) is 0 Å². The van der Waals surface area contributed by atoms with Gasteiger partial charge in [0.05, 0.1) is 11.2 Å². The third-order valence-corrected chi connectivity index (χ3v) is 4.35. The van der Waals surface area contributed by atoms with Gasteiger partial charge < -0.3 is 21.1 Å². The highest BCUT2D eigenvalue weighted by Gasteiger charge is 2.28. The van der Waals surface area contributed by atoms with Crippen LogP contribution in [-0.2, 0) is 10.3 Å². The van der Waals surface area contributed by atoms with Gasteiger partial charge in [-0.05, 0) is 32.0 Å². The van der Waals surface area contributed by atoms with Crippen molar-refractivity contribution in [3.05, 3.63) is 28.8 Å². The van der Waals surface area contributed by atoms with Crippen molar-refractivity contribution in [2.45, 2.75) is 19.4 Å². The molecular weight excluding hydrogens is 318 g/mol. The van der Waals surface area contributed by atoms with E-state index >= 15 is 0 Å². The Morgan fingerprint density at radius 2 is 2.22 bits per heavy atom. The Bertz CT molecular complexity index is 786. The number of aromatic nitrogens is 2. The second kappa shape index (κ2) is 5.51. The number of carbonyl (C=O) groups is 2. The van der Waals surface area contributed by atoms with Crippen LogP contribution in [0.3, 0.4) is 0 Å². The van der Waals surface area contributed by atoms with Gasteiger partial charge in [0, 0.05) is 5.56 Å². The number of carbonyl (C=O) groups excluding carboxylic acids is 2. The zero-order valence-electron chi connectivity index (χ0n) is 12.5. The summed E-state index contributed by atoms with van der Waals surface area (Å²) in [5.74, 6) is -0.0352. The summed E-state index contributed by atoms with van der Waals surface area (Å²) in [7, 11) is 0. The monoisotopic (exact) mass is 333 g/mol. The third kappa shape index (κ3) is 3.09. The second-order valence-corrected chi connectivity index (χ2v) is 6.58. The Balaban J connectivity index is 1.79. The average Bonchev–Trinajstić information content (AvgIpc) is 2.93. The van der Waals surface area contributed by atoms with Crippen molar-refractivity contribution in [3.8, 4) is 5.75 Å². The molecule has 23 heavy (non-hydrogen) atoms. The minimum Gasteiger partial charge on any atom is -0.482 e.